The van der Waals surface area contributed by atoms with E-state index in [0.717, 1.165) is 43.2 Å². The molecule has 3 nitrogen and oxygen atoms in total. The molecule has 122 valence electrons. The standard InChI is InChI=1S/C20H21N3S/c1-2-15-6-3-4-7-16(15)13-23-10-9-18-17(14-23)12-21-20(22-18)19-8-5-11-24-19/h3-8,11-12H,2,9-10,13-14H2,1H3. The van der Waals surface area contributed by atoms with Gasteiger partial charge in [0.25, 0.3) is 0 Å². The van der Waals surface area contributed by atoms with Gasteiger partial charge in [-0.25, -0.2) is 9.97 Å². The third-order valence-electron chi connectivity index (χ3n) is 4.65. The molecule has 0 saturated carbocycles. The molecule has 1 aromatic carbocycles. The third-order valence-corrected chi connectivity index (χ3v) is 5.51. The van der Waals surface area contributed by atoms with Crippen LogP contribution in [0.25, 0.3) is 10.7 Å². The number of nitrogens with zero attached hydrogens (tertiary/aromatic N) is 3. The summed E-state index contributed by atoms with van der Waals surface area (Å²) in [6.45, 7) is 5.24. The van der Waals surface area contributed by atoms with E-state index in [1.807, 2.05) is 6.20 Å². The SMILES string of the molecule is CCc1ccccc1CN1CCc2nc(-c3cccs3)ncc2C1. The number of fused-ring (bicyclic) bond motifs is 1. The average Bonchev–Trinajstić information content (AvgIpc) is 3.16. The Morgan fingerprint density at radius 2 is 2.00 bits per heavy atom. The minimum absolute atomic E-state index is 0.869. The first kappa shape index (κ1) is 15.5. The fourth-order valence-electron chi connectivity index (χ4n) is 3.33. The van der Waals surface area contributed by atoms with Crippen molar-refractivity contribution in [2.75, 3.05) is 6.54 Å². The Kier molecular flexibility index (Phi) is 4.41. The second kappa shape index (κ2) is 6.83. The average molecular weight is 335 g/mol. The van der Waals surface area contributed by atoms with Crippen LogP contribution in [0.5, 0.6) is 0 Å². The molecule has 0 aliphatic carbocycles. The van der Waals surface area contributed by atoms with Crippen molar-refractivity contribution in [2.24, 2.45) is 0 Å². The summed E-state index contributed by atoms with van der Waals surface area (Å²) in [4.78, 5) is 13.0. The molecule has 24 heavy (non-hydrogen) atoms. The van der Waals surface area contributed by atoms with Gasteiger partial charge in [0.1, 0.15) is 0 Å². The molecule has 0 unspecified atom stereocenters. The van der Waals surface area contributed by atoms with Crippen molar-refractivity contribution in [1.29, 1.82) is 0 Å². The summed E-state index contributed by atoms with van der Waals surface area (Å²) in [6, 6.07) is 12.9. The van der Waals surface area contributed by atoms with Crippen LogP contribution in [0.1, 0.15) is 29.3 Å². The van der Waals surface area contributed by atoms with Crippen LogP contribution in [0, 0.1) is 0 Å². The molecule has 0 spiro atoms. The molecule has 0 atom stereocenters. The Bertz CT molecular complexity index is 827. The summed E-state index contributed by atoms with van der Waals surface area (Å²) < 4.78 is 0. The van der Waals surface area contributed by atoms with Crippen molar-refractivity contribution in [3.63, 3.8) is 0 Å². The van der Waals surface area contributed by atoms with Gasteiger partial charge in [0, 0.05) is 37.8 Å². The molecule has 2 aromatic heterocycles. The van der Waals surface area contributed by atoms with Crippen LogP contribution in [0.4, 0.5) is 0 Å². The van der Waals surface area contributed by atoms with Gasteiger partial charge in [0.05, 0.1) is 10.6 Å². The maximum absolute atomic E-state index is 4.80. The van der Waals surface area contributed by atoms with Crippen LogP contribution in [-0.4, -0.2) is 21.4 Å². The van der Waals surface area contributed by atoms with Gasteiger partial charge in [-0.1, -0.05) is 37.3 Å². The number of aromatic nitrogens is 2. The van der Waals surface area contributed by atoms with E-state index in [1.54, 1.807) is 11.3 Å². The molecular formula is C20H21N3S. The molecular weight excluding hydrogens is 314 g/mol. The third kappa shape index (κ3) is 3.12. The van der Waals surface area contributed by atoms with Crippen LogP contribution in [0.2, 0.25) is 0 Å². The van der Waals surface area contributed by atoms with E-state index < -0.39 is 0 Å². The number of aryl methyl sites for hydroxylation is 1. The van der Waals surface area contributed by atoms with Crippen molar-refractivity contribution in [3.8, 4) is 10.7 Å². The van der Waals surface area contributed by atoms with E-state index >= 15 is 0 Å². The summed E-state index contributed by atoms with van der Waals surface area (Å²) in [5.41, 5.74) is 5.39. The molecule has 1 aliphatic heterocycles. The number of hydrogen-bond acceptors (Lipinski definition) is 4. The molecule has 0 saturated heterocycles. The molecule has 4 heteroatoms. The zero-order valence-electron chi connectivity index (χ0n) is 13.9. The van der Waals surface area contributed by atoms with Crippen LogP contribution >= 0.6 is 11.3 Å². The molecule has 0 bridgehead atoms. The fourth-order valence-corrected chi connectivity index (χ4v) is 4.00. The molecule has 0 amide bonds. The molecule has 0 fully saturated rings. The lowest BCUT2D eigenvalue weighted by molar-refractivity contribution is 0.242. The van der Waals surface area contributed by atoms with E-state index in [1.165, 1.54) is 22.4 Å². The Labute approximate surface area is 147 Å². The minimum atomic E-state index is 0.869. The summed E-state index contributed by atoms with van der Waals surface area (Å²) >= 11 is 1.70. The summed E-state index contributed by atoms with van der Waals surface area (Å²) in [5.74, 6) is 0.869. The summed E-state index contributed by atoms with van der Waals surface area (Å²) in [6.07, 6.45) is 4.12. The first-order chi connectivity index (χ1) is 11.8. The lowest BCUT2D eigenvalue weighted by Crippen LogP contribution is -2.31. The van der Waals surface area contributed by atoms with Crippen molar-refractivity contribution in [1.82, 2.24) is 14.9 Å². The monoisotopic (exact) mass is 335 g/mol. The van der Waals surface area contributed by atoms with Gasteiger partial charge >= 0.3 is 0 Å². The first-order valence-electron chi connectivity index (χ1n) is 8.51. The number of rotatable bonds is 4. The molecule has 4 rings (SSSR count). The van der Waals surface area contributed by atoms with E-state index in [0.29, 0.717) is 0 Å². The van der Waals surface area contributed by atoms with Crippen molar-refractivity contribution < 1.29 is 0 Å². The smallest absolute Gasteiger partial charge is 0.169 e. The Morgan fingerprint density at radius 3 is 2.79 bits per heavy atom. The maximum atomic E-state index is 4.80. The Morgan fingerprint density at radius 1 is 1.12 bits per heavy atom. The zero-order chi connectivity index (χ0) is 16.4. The normalized spacial score (nSPS) is 14.5. The van der Waals surface area contributed by atoms with Gasteiger partial charge in [-0.2, -0.15) is 0 Å². The topological polar surface area (TPSA) is 29.0 Å². The molecule has 3 aromatic rings. The molecule has 0 N–H and O–H groups in total. The zero-order valence-corrected chi connectivity index (χ0v) is 14.7. The van der Waals surface area contributed by atoms with E-state index in [2.05, 4.69) is 58.6 Å². The van der Waals surface area contributed by atoms with E-state index in [-0.39, 0.29) is 0 Å². The number of hydrogen-bond donors (Lipinski definition) is 0. The Balaban J connectivity index is 1.52. The second-order valence-electron chi connectivity index (χ2n) is 6.23. The summed E-state index contributed by atoms with van der Waals surface area (Å²) in [7, 11) is 0. The lowest BCUT2D eigenvalue weighted by atomic mass is 10.0. The number of thiophene rings is 1. The van der Waals surface area contributed by atoms with Gasteiger partial charge in [0.2, 0.25) is 0 Å². The van der Waals surface area contributed by atoms with Gasteiger partial charge < -0.3 is 0 Å². The molecule has 3 heterocycles. The number of benzene rings is 1. The van der Waals surface area contributed by atoms with Gasteiger partial charge in [0.15, 0.2) is 5.82 Å². The predicted octanol–water partition coefficient (Wildman–Crippen LogP) is 4.33. The molecule has 1 aliphatic rings. The van der Waals surface area contributed by atoms with E-state index in [9.17, 15) is 0 Å². The second-order valence-corrected chi connectivity index (χ2v) is 7.17. The van der Waals surface area contributed by atoms with Crippen molar-refractivity contribution >= 4 is 11.3 Å². The predicted molar refractivity (Wildman–Crippen MR) is 99.0 cm³/mol. The highest BCUT2D eigenvalue weighted by Crippen LogP contribution is 2.25. The van der Waals surface area contributed by atoms with Crippen LogP contribution in [0.15, 0.2) is 48.0 Å². The van der Waals surface area contributed by atoms with Crippen LogP contribution in [0.3, 0.4) is 0 Å². The van der Waals surface area contributed by atoms with Crippen molar-refractivity contribution in [2.45, 2.75) is 32.9 Å². The molecule has 0 radical (unpaired) electrons. The van der Waals surface area contributed by atoms with Crippen molar-refractivity contribution in [3.05, 3.63) is 70.4 Å². The highest BCUT2D eigenvalue weighted by Gasteiger charge is 2.19. The first-order valence-corrected chi connectivity index (χ1v) is 9.39. The highest BCUT2D eigenvalue weighted by molar-refractivity contribution is 7.13. The largest absolute Gasteiger partial charge is 0.294 e. The minimum Gasteiger partial charge on any atom is -0.294 e. The van der Waals surface area contributed by atoms with Crippen LogP contribution in [-0.2, 0) is 25.9 Å². The quantitative estimate of drug-likeness (QED) is 0.711. The van der Waals surface area contributed by atoms with E-state index in [4.69, 9.17) is 4.98 Å². The van der Waals surface area contributed by atoms with Gasteiger partial charge in [-0.15, -0.1) is 11.3 Å². The Hall–Kier alpha value is -2.04. The lowest BCUT2D eigenvalue weighted by Gasteiger charge is -2.28. The fraction of sp³-hybridized carbons (Fsp3) is 0.300. The van der Waals surface area contributed by atoms with Gasteiger partial charge in [-0.05, 0) is 29.0 Å². The maximum Gasteiger partial charge on any atom is 0.169 e. The van der Waals surface area contributed by atoms with Crippen LogP contribution < -0.4 is 0 Å². The van der Waals surface area contributed by atoms with Gasteiger partial charge in [-0.3, -0.25) is 4.90 Å². The summed E-state index contributed by atoms with van der Waals surface area (Å²) in [5, 5.41) is 2.07. The highest BCUT2D eigenvalue weighted by atomic mass is 32.1.